The number of hydrogen-bond donors (Lipinski definition) is 0. The third-order valence-electron chi connectivity index (χ3n) is 10.9. The number of allylic oxidation sites excluding steroid dienone is 4. The van der Waals surface area contributed by atoms with Gasteiger partial charge in [-0.05, 0) is 127 Å². The lowest BCUT2D eigenvalue weighted by atomic mass is 9.90. The van der Waals surface area contributed by atoms with Gasteiger partial charge in [-0.3, -0.25) is 0 Å². The van der Waals surface area contributed by atoms with Crippen LogP contribution in [0.2, 0.25) is 0 Å². The van der Waals surface area contributed by atoms with Crippen molar-refractivity contribution in [2.45, 2.75) is 12.8 Å². The minimum absolute atomic E-state index is 0.640. The van der Waals surface area contributed by atoms with Crippen LogP contribution in [0.25, 0.3) is 93.9 Å². The van der Waals surface area contributed by atoms with Gasteiger partial charge < -0.3 is 0 Å². The number of aromatic nitrogens is 2. The van der Waals surface area contributed by atoms with E-state index < -0.39 is 0 Å². The fraction of sp³-hybridized carbons (Fsp3) is 0.0377. The minimum atomic E-state index is 0.640. The Morgan fingerprint density at radius 3 is 1.86 bits per heavy atom. The third-order valence-corrected chi connectivity index (χ3v) is 10.9. The van der Waals surface area contributed by atoms with Gasteiger partial charge in [0.1, 0.15) is 0 Å². The molecule has 0 saturated carbocycles. The lowest BCUT2D eigenvalue weighted by Gasteiger charge is -2.13. The first-order valence-electron chi connectivity index (χ1n) is 19.1. The monoisotopic (exact) mass is 713 g/mol. The lowest BCUT2D eigenvalue weighted by molar-refractivity contribution is 1.03. The van der Waals surface area contributed by atoms with Crippen molar-refractivity contribution in [2.75, 3.05) is 0 Å². The summed E-state index contributed by atoms with van der Waals surface area (Å²) in [6, 6.07) is 62.2. The Morgan fingerprint density at radius 1 is 0.429 bits per heavy atom. The lowest BCUT2D eigenvalue weighted by Crippen LogP contribution is -1.98. The van der Waals surface area contributed by atoms with Crippen molar-refractivity contribution < 1.29 is 0 Å². The topological polar surface area (TPSA) is 49.6 Å². The molecule has 8 aromatic carbocycles. The maximum Gasteiger partial charge on any atom is 0.160 e. The maximum atomic E-state index is 10.2. The van der Waals surface area contributed by atoms with Gasteiger partial charge in [-0.2, -0.15) is 5.26 Å². The summed E-state index contributed by atoms with van der Waals surface area (Å²) in [6.45, 7) is 0. The van der Waals surface area contributed by atoms with Gasteiger partial charge in [0.05, 0.1) is 23.0 Å². The summed E-state index contributed by atoms with van der Waals surface area (Å²) in [4.78, 5) is 10.1. The van der Waals surface area contributed by atoms with Crippen LogP contribution in [0.4, 0.5) is 0 Å². The van der Waals surface area contributed by atoms with Crippen molar-refractivity contribution in [3.8, 4) is 62.1 Å². The molecular weight excluding hydrogens is 679 g/mol. The first-order valence-corrected chi connectivity index (χ1v) is 19.1. The molecule has 1 aromatic heterocycles. The molecule has 10 rings (SSSR count). The predicted octanol–water partition coefficient (Wildman–Crippen LogP) is 13.9. The van der Waals surface area contributed by atoms with Crippen LogP contribution in [0, 0.1) is 11.3 Å². The normalized spacial score (nSPS) is 12.5. The molecule has 1 aliphatic carbocycles. The van der Waals surface area contributed by atoms with E-state index in [1.807, 2.05) is 30.3 Å². The highest BCUT2D eigenvalue weighted by atomic mass is 14.9. The molecule has 0 bridgehead atoms. The summed E-state index contributed by atoms with van der Waals surface area (Å²) in [5.74, 6) is 0.714. The van der Waals surface area contributed by atoms with Crippen molar-refractivity contribution in [3.05, 3.63) is 199 Å². The zero-order valence-corrected chi connectivity index (χ0v) is 30.7. The second kappa shape index (κ2) is 14.1. The highest BCUT2D eigenvalue weighted by Crippen LogP contribution is 2.38. The second-order valence-electron chi connectivity index (χ2n) is 14.4. The van der Waals surface area contributed by atoms with Gasteiger partial charge in [0.2, 0.25) is 0 Å². The van der Waals surface area contributed by atoms with E-state index in [0.717, 1.165) is 85.1 Å². The van der Waals surface area contributed by atoms with E-state index in [4.69, 9.17) is 9.97 Å². The van der Waals surface area contributed by atoms with Crippen LogP contribution in [-0.2, 0) is 0 Å². The number of benzene rings is 8. The SMILES string of the molecule is N#Cc1cc(-c2ccc3ccc(-c4ccc(-c5nc(C6=CCCC=C6)cc(-c6ccccc6)n5)cc4)cc3c2)cc(-c2cc3ccccc3c3ccccc23)c1. The molecule has 9 aromatic rings. The van der Waals surface area contributed by atoms with Gasteiger partial charge >= 0.3 is 0 Å². The van der Waals surface area contributed by atoms with Gasteiger partial charge in [0.25, 0.3) is 0 Å². The molecule has 0 radical (unpaired) electrons. The smallest absolute Gasteiger partial charge is 0.160 e. The quantitative estimate of drug-likeness (QED) is 0.161. The van der Waals surface area contributed by atoms with Crippen LogP contribution in [0.15, 0.2) is 188 Å². The van der Waals surface area contributed by atoms with Crippen LogP contribution in [0.3, 0.4) is 0 Å². The molecule has 1 heterocycles. The average molecular weight is 714 g/mol. The predicted molar refractivity (Wildman–Crippen MR) is 233 cm³/mol. The third kappa shape index (κ3) is 6.24. The standard InChI is InChI=1S/C53H35N3/c54-34-35-27-44(31-46(28-35)50-32-43-15-7-8-16-47(43)48-17-9-10-18-49(48)50)42-26-22-37-21-25-41(29-45(37)30-42)36-19-23-40(24-20-36)53-55-51(38-11-3-1-4-12-38)33-52(56-53)39-13-5-2-6-14-39/h1,3-5,7-33H,2,6H2. The molecule has 0 amide bonds. The highest BCUT2D eigenvalue weighted by molar-refractivity contribution is 6.14. The van der Waals surface area contributed by atoms with Crippen molar-refractivity contribution in [1.82, 2.24) is 9.97 Å². The Balaban J connectivity index is 1.01. The zero-order valence-electron chi connectivity index (χ0n) is 30.7. The van der Waals surface area contributed by atoms with Crippen LogP contribution in [0.5, 0.6) is 0 Å². The summed E-state index contributed by atoms with van der Waals surface area (Å²) in [5.41, 5.74) is 12.2. The van der Waals surface area contributed by atoms with Crippen LogP contribution >= 0.6 is 0 Å². The number of nitrogens with zero attached hydrogens (tertiary/aromatic N) is 3. The zero-order chi connectivity index (χ0) is 37.4. The number of nitriles is 1. The Bertz CT molecular complexity index is 3070. The molecule has 262 valence electrons. The minimum Gasteiger partial charge on any atom is -0.228 e. The van der Waals surface area contributed by atoms with Gasteiger partial charge in [0.15, 0.2) is 5.82 Å². The first kappa shape index (κ1) is 33.2. The summed E-state index contributed by atoms with van der Waals surface area (Å²) in [5, 5.41) is 17.3. The van der Waals surface area contributed by atoms with Crippen LogP contribution < -0.4 is 0 Å². The van der Waals surface area contributed by atoms with Crippen LogP contribution in [0.1, 0.15) is 24.1 Å². The summed E-state index contributed by atoms with van der Waals surface area (Å²) in [7, 11) is 0. The van der Waals surface area contributed by atoms with Gasteiger partial charge in [-0.25, -0.2) is 9.97 Å². The molecule has 0 unspecified atom stereocenters. The van der Waals surface area contributed by atoms with E-state index in [0.29, 0.717) is 11.4 Å². The molecule has 0 saturated heterocycles. The molecule has 56 heavy (non-hydrogen) atoms. The van der Waals surface area contributed by atoms with Crippen molar-refractivity contribution >= 4 is 37.9 Å². The average Bonchev–Trinajstić information content (AvgIpc) is 3.28. The first-order chi connectivity index (χ1) is 27.7. The molecule has 1 aliphatic rings. The van der Waals surface area contributed by atoms with Crippen molar-refractivity contribution in [2.24, 2.45) is 0 Å². The molecule has 0 atom stereocenters. The van der Waals surface area contributed by atoms with E-state index in [9.17, 15) is 5.26 Å². The fourth-order valence-electron chi connectivity index (χ4n) is 8.01. The van der Waals surface area contributed by atoms with Gasteiger partial charge in [-0.1, -0.05) is 146 Å². The van der Waals surface area contributed by atoms with E-state index in [-0.39, 0.29) is 0 Å². The Kier molecular flexibility index (Phi) is 8.36. The van der Waals surface area contributed by atoms with E-state index >= 15 is 0 Å². The second-order valence-corrected chi connectivity index (χ2v) is 14.4. The van der Waals surface area contributed by atoms with E-state index in [1.165, 1.54) is 21.5 Å². The summed E-state index contributed by atoms with van der Waals surface area (Å²) >= 11 is 0. The van der Waals surface area contributed by atoms with Crippen molar-refractivity contribution in [3.63, 3.8) is 0 Å². The van der Waals surface area contributed by atoms with E-state index in [2.05, 4.69) is 164 Å². The maximum absolute atomic E-state index is 10.2. The summed E-state index contributed by atoms with van der Waals surface area (Å²) < 4.78 is 0. The number of fused-ring (bicyclic) bond motifs is 4. The molecular formula is C53H35N3. The fourth-order valence-corrected chi connectivity index (χ4v) is 8.01. The molecule has 0 N–H and O–H groups in total. The van der Waals surface area contributed by atoms with Gasteiger partial charge in [-0.15, -0.1) is 0 Å². The summed E-state index contributed by atoms with van der Waals surface area (Å²) in [6.07, 6.45) is 8.73. The molecule has 0 spiro atoms. The van der Waals surface area contributed by atoms with Crippen molar-refractivity contribution in [1.29, 1.82) is 5.26 Å². The Labute approximate surface area is 326 Å². The Hall–Kier alpha value is -7.41. The number of rotatable bonds is 6. The van der Waals surface area contributed by atoms with Gasteiger partial charge in [0, 0.05) is 11.1 Å². The van der Waals surface area contributed by atoms with E-state index in [1.54, 1.807) is 0 Å². The Morgan fingerprint density at radius 2 is 1.09 bits per heavy atom. The molecule has 0 fully saturated rings. The molecule has 0 aliphatic heterocycles. The highest BCUT2D eigenvalue weighted by Gasteiger charge is 2.14. The molecule has 3 heteroatoms. The van der Waals surface area contributed by atoms with Crippen LogP contribution in [-0.4, -0.2) is 9.97 Å². The largest absolute Gasteiger partial charge is 0.228 e. The molecule has 3 nitrogen and oxygen atoms in total. The number of hydrogen-bond acceptors (Lipinski definition) is 3.